The van der Waals surface area contributed by atoms with Crippen LogP contribution in [0.4, 0.5) is 0 Å². The maximum absolute atomic E-state index is 12.7. The molecule has 1 aliphatic heterocycles. The summed E-state index contributed by atoms with van der Waals surface area (Å²) in [5.74, 6) is -0.305. The monoisotopic (exact) mass is 342 g/mol. The van der Waals surface area contributed by atoms with Gasteiger partial charge in [-0.15, -0.1) is 0 Å². The lowest BCUT2D eigenvalue weighted by molar-refractivity contribution is 0.0596. The largest absolute Gasteiger partial charge is 0.493 e. The van der Waals surface area contributed by atoms with Crippen molar-refractivity contribution >= 4 is 16.0 Å². The SMILES string of the molecule is CCOc1ccc(S(=O)(=O)N2CCN(C)CC2)cc1C(=O)OC. The van der Waals surface area contributed by atoms with Crippen LogP contribution >= 0.6 is 0 Å². The fraction of sp³-hybridized carbons (Fsp3) is 0.533. The standard InChI is InChI=1S/C15H22N2O5S/c1-4-22-14-6-5-12(11-13(14)15(18)21-3)23(19,20)17-9-7-16(2)8-10-17/h5-6,11H,4,7-10H2,1-3H3. The van der Waals surface area contributed by atoms with Gasteiger partial charge in [0.15, 0.2) is 0 Å². The van der Waals surface area contributed by atoms with Crippen LogP contribution in [0.1, 0.15) is 17.3 Å². The number of likely N-dealkylation sites (N-methyl/N-ethyl adjacent to an activating group) is 1. The topological polar surface area (TPSA) is 76.2 Å². The van der Waals surface area contributed by atoms with Gasteiger partial charge >= 0.3 is 5.97 Å². The van der Waals surface area contributed by atoms with E-state index in [0.29, 0.717) is 38.5 Å². The van der Waals surface area contributed by atoms with Crippen LogP contribution in [0.15, 0.2) is 23.1 Å². The lowest BCUT2D eigenvalue weighted by atomic mass is 10.2. The van der Waals surface area contributed by atoms with Gasteiger partial charge in [-0.3, -0.25) is 0 Å². The Morgan fingerprint density at radius 1 is 1.22 bits per heavy atom. The van der Waals surface area contributed by atoms with Crippen molar-refractivity contribution in [3.05, 3.63) is 23.8 Å². The summed E-state index contributed by atoms with van der Waals surface area (Å²) in [6.45, 7) is 4.38. The highest BCUT2D eigenvalue weighted by Gasteiger charge is 2.29. The molecule has 2 rings (SSSR count). The first-order chi connectivity index (χ1) is 10.9. The molecule has 1 aromatic carbocycles. The highest BCUT2D eigenvalue weighted by Crippen LogP contribution is 2.26. The number of benzene rings is 1. The maximum atomic E-state index is 12.7. The first kappa shape index (κ1) is 17.7. The number of nitrogens with zero attached hydrogens (tertiary/aromatic N) is 2. The van der Waals surface area contributed by atoms with Crippen LogP contribution in [0, 0.1) is 0 Å². The quantitative estimate of drug-likeness (QED) is 0.737. The minimum Gasteiger partial charge on any atom is -0.493 e. The van der Waals surface area contributed by atoms with E-state index in [2.05, 4.69) is 4.90 Å². The van der Waals surface area contributed by atoms with Gasteiger partial charge in [0.1, 0.15) is 11.3 Å². The molecule has 0 spiro atoms. The zero-order valence-electron chi connectivity index (χ0n) is 13.6. The molecule has 0 amide bonds. The van der Waals surface area contributed by atoms with E-state index in [-0.39, 0.29) is 10.5 Å². The number of piperazine rings is 1. The first-order valence-electron chi connectivity index (χ1n) is 7.44. The Hall–Kier alpha value is -1.64. The molecule has 0 aliphatic carbocycles. The number of ether oxygens (including phenoxy) is 2. The first-order valence-corrected chi connectivity index (χ1v) is 8.88. The molecule has 0 bridgehead atoms. The Kier molecular flexibility index (Phi) is 5.61. The summed E-state index contributed by atoms with van der Waals surface area (Å²) < 4.78 is 37.0. The second-order valence-electron chi connectivity index (χ2n) is 5.29. The van der Waals surface area contributed by atoms with Crippen LogP contribution in [0.5, 0.6) is 5.75 Å². The molecule has 1 aromatic rings. The summed E-state index contributed by atoms with van der Waals surface area (Å²) in [6, 6.07) is 4.29. The summed E-state index contributed by atoms with van der Waals surface area (Å²) in [5, 5.41) is 0. The average Bonchev–Trinajstić information content (AvgIpc) is 2.55. The van der Waals surface area contributed by atoms with Crippen molar-refractivity contribution in [2.45, 2.75) is 11.8 Å². The molecule has 1 aliphatic rings. The molecule has 1 fully saturated rings. The number of carbonyl (C=O) groups excluding carboxylic acids is 1. The lowest BCUT2D eigenvalue weighted by Gasteiger charge is -2.31. The van der Waals surface area contributed by atoms with E-state index in [1.54, 1.807) is 6.92 Å². The summed E-state index contributed by atoms with van der Waals surface area (Å²) in [5.41, 5.74) is 0.115. The number of hydrogen-bond acceptors (Lipinski definition) is 6. The van der Waals surface area contributed by atoms with Crippen LogP contribution in [-0.4, -0.2) is 70.5 Å². The molecule has 23 heavy (non-hydrogen) atoms. The van der Waals surface area contributed by atoms with Crippen molar-refractivity contribution in [3.8, 4) is 5.75 Å². The number of rotatable bonds is 5. The van der Waals surface area contributed by atoms with E-state index >= 15 is 0 Å². The van der Waals surface area contributed by atoms with Crippen molar-refractivity contribution < 1.29 is 22.7 Å². The van der Waals surface area contributed by atoms with Crippen molar-refractivity contribution in [1.82, 2.24) is 9.21 Å². The van der Waals surface area contributed by atoms with E-state index in [9.17, 15) is 13.2 Å². The van der Waals surface area contributed by atoms with Crippen molar-refractivity contribution in [1.29, 1.82) is 0 Å². The van der Waals surface area contributed by atoms with Gasteiger partial charge in [0.25, 0.3) is 0 Å². The minimum absolute atomic E-state index is 0.0749. The number of hydrogen-bond donors (Lipinski definition) is 0. The molecule has 8 heteroatoms. The number of esters is 1. The van der Waals surface area contributed by atoms with Crippen molar-refractivity contribution in [2.24, 2.45) is 0 Å². The van der Waals surface area contributed by atoms with Crippen LogP contribution in [0.2, 0.25) is 0 Å². The Labute approximate surface area is 136 Å². The maximum Gasteiger partial charge on any atom is 0.341 e. The molecule has 128 valence electrons. The molecule has 0 aromatic heterocycles. The second-order valence-corrected chi connectivity index (χ2v) is 7.23. The molecule has 0 saturated carbocycles. The number of sulfonamides is 1. The summed E-state index contributed by atoms with van der Waals surface area (Å²) in [4.78, 5) is 14.0. The zero-order valence-corrected chi connectivity index (χ0v) is 14.4. The van der Waals surface area contributed by atoms with Gasteiger partial charge in [-0.2, -0.15) is 4.31 Å². The van der Waals surface area contributed by atoms with Gasteiger partial charge in [-0.1, -0.05) is 0 Å². The molecular weight excluding hydrogens is 320 g/mol. The second kappa shape index (κ2) is 7.29. The molecule has 1 heterocycles. The Morgan fingerprint density at radius 2 is 1.87 bits per heavy atom. The van der Waals surface area contributed by atoms with Crippen molar-refractivity contribution in [2.75, 3.05) is 46.9 Å². The Bertz CT molecular complexity index is 666. The van der Waals surface area contributed by atoms with Crippen LogP contribution in [-0.2, 0) is 14.8 Å². The predicted molar refractivity (Wildman–Crippen MR) is 85.2 cm³/mol. The highest BCUT2D eigenvalue weighted by atomic mass is 32.2. The van der Waals surface area contributed by atoms with E-state index in [0.717, 1.165) is 0 Å². The third-order valence-electron chi connectivity index (χ3n) is 3.76. The van der Waals surface area contributed by atoms with E-state index in [4.69, 9.17) is 9.47 Å². The zero-order chi connectivity index (χ0) is 17.0. The molecule has 0 radical (unpaired) electrons. The normalized spacial score (nSPS) is 17.0. The number of methoxy groups -OCH3 is 1. The van der Waals surface area contributed by atoms with Gasteiger partial charge in [-0.25, -0.2) is 13.2 Å². The van der Waals surface area contributed by atoms with Gasteiger partial charge in [0.05, 0.1) is 18.6 Å². The van der Waals surface area contributed by atoms with E-state index in [1.807, 2.05) is 7.05 Å². The van der Waals surface area contributed by atoms with Gasteiger partial charge < -0.3 is 14.4 Å². The van der Waals surface area contributed by atoms with E-state index < -0.39 is 16.0 Å². The summed E-state index contributed by atoms with van der Waals surface area (Å²) >= 11 is 0. The molecular formula is C15H22N2O5S. The Balaban J connectivity index is 2.37. The summed E-state index contributed by atoms with van der Waals surface area (Å²) in [6.07, 6.45) is 0. The fourth-order valence-electron chi connectivity index (χ4n) is 2.40. The molecule has 7 nitrogen and oxygen atoms in total. The molecule has 0 atom stereocenters. The van der Waals surface area contributed by atoms with Crippen molar-refractivity contribution in [3.63, 3.8) is 0 Å². The summed E-state index contributed by atoms with van der Waals surface area (Å²) in [7, 11) is -0.434. The van der Waals surface area contributed by atoms with Crippen LogP contribution in [0.3, 0.4) is 0 Å². The van der Waals surface area contributed by atoms with E-state index in [1.165, 1.54) is 29.6 Å². The molecule has 0 unspecified atom stereocenters. The van der Waals surface area contributed by atoms with Gasteiger partial charge in [0, 0.05) is 26.2 Å². The third-order valence-corrected chi connectivity index (χ3v) is 5.65. The van der Waals surface area contributed by atoms with Crippen LogP contribution in [0.25, 0.3) is 0 Å². The predicted octanol–water partition coefficient (Wildman–Crippen LogP) is 0.808. The Morgan fingerprint density at radius 3 is 2.43 bits per heavy atom. The lowest BCUT2D eigenvalue weighted by Crippen LogP contribution is -2.47. The molecule has 0 N–H and O–H groups in total. The van der Waals surface area contributed by atoms with Crippen LogP contribution < -0.4 is 4.74 Å². The van der Waals surface area contributed by atoms with Gasteiger partial charge in [-0.05, 0) is 32.2 Å². The third kappa shape index (κ3) is 3.82. The minimum atomic E-state index is -3.64. The highest BCUT2D eigenvalue weighted by molar-refractivity contribution is 7.89. The molecule has 1 saturated heterocycles. The fourth-order valence-corrected chi connectivity index (χ4v) is 3.85. The average molecular weight is 342 g/mol. The number of carbonyl (C=O) groups is 1. The van der Waals surface area contributed by atoms with Gasteiger partial charge in [0.2, 0.25) is 10.0 Å². The smallest absolute Gasteiger partial charge is 0.341 e.